The van der Waals surface area contributed by atoms with Gasteiger partial charge in [-0.05, 0) is 99.3 Å². The normalized spacial score (nSPS) is 10.8. The fourth-order valence-corrected chi connectivity index (χ4v) is 4.74. The lowest BCUT2D eigenvalue weighted by Crippen LogP contribution is -2.20. The summed E-state index contributed by atoms with van der Waals surface area (Å²) in [5, 5.41) is 7.34. The van der Waals surface area contributed by atoms with Crippen molar-refractivity contribution in [2.75, 3.05) is 25.6 Å². The summed E-state index contributed by atoms with van der Waals surface area (Å²) in [6.45, 7) is 3.96. The number of hydrogen-bond acceptors (Lipinski definition) is 6. The molecule has 0 aliphatic carbocycles. The fourth-order valence-electron chi connectivity index (χ4n) is 3.11. The van der Waals surface area contributed by atoms with Gasteiger partial charge in [-0.3, -0.25) is 9.59 Å². The van der Waals surface area contributed by atoms with Crippen molar-refractivity contribution in [1.82, 2.24) is 5.43 Å². The summed E-state index contributed by atoms with van der Waals surface area (Å²) in [5.74, 6) is 0.717. The topological polar surface area (TPSA) is 98.3 Å². The van der Waals surface area contributed by atoms with Gasteiger partial charge in [-0.2, -0.15) is 5.10 Å². The maximum Gasteiger partial charge on any atom is 0.271 e. The van der Waals surface area contributed by atoms with E-state index in [9.17, 15) is 9.59 Å². The Labute approximate surface area is 236 Å². The number of halogens is 3. The predicted octanol–water partition coefficient (Wildman–Crippen LogP) is 6.36. The van der Waals surface area contributed by atoms with Crippen molar-refractivity contribution in [3.05, 3.63) is 79.2 Å². The minimum Gasteiger partial charge on any atom is -0.493 e. The number of methoxy groups -OCH3 is 1. The lowest BCUT2D eigenvalue weighted by Gasteiger charge is -2.12. The highest BCUT2D eigenvalue weighted by atomic mass is 79.9. The first-order valence-corrected chi connectivity index (χ1v) is 13.0. The molecule has 3 rings (SSSR count). The molecule has 2 amide bonds. The van der Waals surface area contributed by atoms with Gasteiger partial charge in [-0.25, -0.2) is 5.43 Å². The third-order valence-electron chi connectivity index (χ3n) is 4.93. The lowest BCUT2D eigenvalue weighted by molar-refractivity contribution is -0.118. The number of carbonyl (C=O) groups is 2. The van der Waals surface area contributed by atoms with Crippen molar-refractivity contribution in [1.29, 1.82) is 0 Å². The monoisotopic (exact) mass is 651 g/mol. The standard InChI is InChI=1S/C26H24Br2ClN3O5/c1-4-36-23-11-17(6-8-22(23)35-3)26(34)32-30-13-16-9-19(27)25(20(28)10-16)37-14-24(33)31-18-7-5-15(2)21(29)12-18/h5-13H,4,14H2,1-3H3,(H,31,33)(H,32,34)/b30-13+. The summed E-state index contributed by atoms with van der Waals surface area (Å²) in [6.07, 6.45) is 1.48. The van der Waals surface area contributed by atoms with E-state index < -0.39 is 5.91 Å². The van der Waals surface area contributed by atoms with E-state index in [1.165, 1.54) is 13.3 Å². The van der Waals surface area contributed by atoms with Gasteiger partial charge in [0.2, 0.25) is 0 Å². The number of benzene rings is 3. The number of rotatable bonds is 10. The number of hydrogen-bond donors (Lipinski definition) is 2. The molecule has 194 valence electrons. The third-order valence-corrected chi connectivity index (χ3v) is 6.51. The summed E-state index contributed by atoms with van der Waals surface area (Å²) >= 11 is 13.0. The molecule has 0 aromatic heterocycles. The Bertz CT molecular complexity index is 1310. The first-order valence-electron chi connectivity index (χ1n) is 11.0. The van der Waals surface area contributed by atoms with Gasteiger partial charge < -0.3 is 19.5 Å². The van der Waals surface area contributed by atoms with Crippen LogP contribution in [0.5, 0.6) is 17.2 Å². The lowest BCUT2D eigenvalue weighted by atomic mass is 10.2. The van der Waals surface area contributed by atoms with Crippen LogP contribution in [0.4, 0.5) is 5.69 Å². The molecule has 8 nitrogen and oxygen atoms in total. The first-order chi connectivity index (χ1) is 17.7. The number of amides is 2. The molecule has 3 aromatic carbocycles. The molecule has 3 aromatic rings. The van der Waals surface area contributed by atoms with Gasteiger partial charge in [0, 0.05) is 16.3 Å². The van der Waals surface area contributed by atoms with E-state index in [-0.39, 0.29) is 12.5 Å². The first kappa shape index (κ1) is 28.5. The van der Waals surface area contributed by atoms with Crippen LogP contribution in [0, 0.1) is 6.92 Å². The Kier molecular flexibility index (Phi) is 10.4. The summed E-state index contributed by atoms with van der Waals surface area (Å²) < 4.78 is 17.6. The Morgan fingerprint density at radius 3 is 2.41 bits per heavy atom. The van der Waals surface area contributed by atoms with Crippen LogP contribution in [-0.2, 0) is 4.79 Å². The number of carbonyl (C=O) groups excluding carboxylic acids is 2. The van der Waals surface area contributed by atoms with Gasteiger partial charge in [-0.15, -0.1) is 0 Å². The SMILES string of the molecule is CCOc1cc(C(=O)N/N=C/c2cc(Br)c(OCC(=O)Nc3ccc(C)c(Cl)c3)c(Br)c2)ccc1OC. The number of nitrogens with one attached hydrogen (secondary N) is 2. The molecule has 0 aliphatic heterocycles. The van der Waals surface area contributed by atoms with Gasteiger partial charge in [-0.1, -0.05) is 17.7 Å². The summed E-state index contributed by atoms with van der Waals surface area (Å²) in [5.41, 5.74) is 5.04. The zero-order valence-electron chi connectivity index (χ0n) is 20.2. The second-order valence-electron chi connectivity index (χ2n) is 7.61. The largest absolute Gasteiger partial charge is 0.493 e. The molecule has 0 saturated carbocycles. The number of ether oxygens (including phenoxy) is 3. The molecule has 0 heterocycles. The van der Waals surface area contributed by atoms with E-state index in [2.05, 4.69) is 47.7 Å². The number of nitrogens with zero attached hydrogens (tertiary/aromatic N) is 1. The van der Waals surface area contributed by atoms with Crippen molar-refractivity contribution in [2.24, 2.45) is 5.10 Å². The zero-order chi connectivity index (χ0) is 26.9. The van der Waals surface area contributed by atoms with Crippen LogP contribution in [0.25, 0.3) is 0 Å². The summed E-state index contributed by atoms with van der Waals surface area (Å²) in [6, 6.07) is 13.6. The summed E-state index contributed by atoms with van der Waals surface area (Å²) in [7, 11) is 1.53. The molecule has 0 aliphatic rings. The highest BCUT2D eigenvalue weighted by molar-refractivity contribution is 9.11. The number of anilines is 1. The molecule has 0 bridgehead atoms. The van der Waals surface area contributed by atoms with Gasteiger partial charge in [0.25, 0.3) is 11.8 Å². The highest BCUT2D eigenvalue weighted by Gasteiger charge is 2.13. The minimum absolute atomic E-state index is 0.211. The molecular formula is C26H24Br2ClN3O5. The van der Waals surface area contributed by atoms with E-state index in [0.717, 1.165) is 5.56 Å². The average Bonchev–Trinajstić information content (AvgIpc) is 2.86. The quantitative estimate of drug-likeness (QED) is 0.196. The van der Waals surface area contributed by atoms with Crippen LogP contribution in [0.15, 0.2) is 62.6 Å². The minimum atomic E-state index is -0.404. The van der Waals surface area contributed by atoms with Gasteiger partial charge in [0.05, 0.1) is 28.9 Å². The van der Waals surface area contributed by atoms with Gasteiger partial charge >= 0.3 is 0 Å². The molecular weight excluding hydrogens is 630 g/mol. The van der Waals surface area contributed by atoms with E-state index in [4.69, 9.17) is 25.8 Å². The van der Waals surface area contributed by atoms with Crippen LogP contribution in [0.1, 0.15) is 28.4 Å². The van der Waals surface area contributed by atoms with Crippen molar-refractivity contribution < 1.29 is 23.8 Å². The molecule has 0 unspecified atom stereocenters. The molecule has 11 heteroatoms. The number of hydrazone groups is 1. The van der Waals surface area contributed by atoms with E-state index in [1.54, 1.807) is 42.5 Å². The predicted molar refractivity (Wildman–Crippen MR) is 151 cm³/mol. The highest BCUT2D eigenvalue weighted by Crippen LogP contribution is 2.34. The smallest absolute Gasteiger partial charge is 0.271 e. The maximum atomic E-state index is 12.5. The van der Waals surface area contributed by atoms with Gasteiger partial charge in [0.1, 0.15) is 5.75 Å². The molecule has 37 heavy (non-hydrogen) atoms. The van der Waals surface area contributed by atoms with Crippen LogP contribution >= 0.6 is 43.5 Å². The van der Waals surface area contributed by atoms with Crippen LogP contribution in [0.2, 0.25) is 5.02 Å². The molecule has 0 fully saturated rings. The fraction of sp³-hybridized carbons (Fsp3) is 0.192. The van der Waals surface area contributed by atoms with Crippen molar-refractivity contribution in [3.63, 3.8) is 0 Å². The van der Waals surface area contributed by atoms with Crippen LogP contribution in [0.3, 0.4) is 0 Å². The van der Waals surface area contributed by atoms with E-state index in [0.29, 0.717) is 54.6 Å². The number of aryl methyl sites for hydroxylation is 1. The Morgan fingerprint density at radius 1 is 1.03 bits per heavy atom. The average molecular weight is 654 g/mol. The molecule has 0 spiro atoms. The molecule has 0 radical (unpaired) electrons. The second-order valence-corrected chi connectivity index (χ2v) is 9.73. The van der Waals surface area contributed by atoms with Gasteiger partial charge in [0.15, 0.2) is 18.1 Å². The second kappa shape index (κ2) is 13.5. The Balaban J connectivity index is 1.60. The van der Waals surface area contributed by atoms with E-state index in [1.807, 2.05) is 19.9 Å². The molecule has 0 atom stereocenters. The van der Waals surface area contributed by atoms with Crippen molar-refractivity contribution in [2.45, 2.75) is 13.8 Å². The maximum absolute atomic E-state index is 12.5. The van der Waals surface area contributed by atoms with Crippen LogP contribution in [-0.4, -0.2) is 38.4 Å². The summed E-state index contributed by atoms with van der Waals surface area (Å²) in [4.78, 5) is 24.8. The molecule has 2 N–H and O–H groups in total. The van der Waals surface area contributed by atoms with Crippen molar-refractivity contribution in [3.8, 4) is 17.2 Å². The molecule has 0 saturated heterocycles. The Morgan fingerprint density at radius 2 is 1.76 bits per heavy atom. The third kappa shape index (κ3) is 7.95. The van der Waals surface area contributed by atoms with Crippen LogP contribution < -0.4 is 25.0 Å². The van der Waals surface area contributed by atoms with E-state index >= 15 is 0 Å². The van der Waals surface area contributed by atoms with Crippen molar-refractivity contribution >= 4 is 67.2 Å². The Hall–Kier alpha value is -3.08. The zero-order valence-corrected chi connectivity index (χ0v) is 24.2.